The summed E-state index contributed by atoms with van der Waals surface area (Å²) in [6.45, 7) is 3.23. The van der Waals surface area contributed by atoms with Crippen LogP contribution < -0.4 is 5.32 Å². The molecule has 1 atom stereocenters. The lowest BCUT2D eigenvalue weighted by molar-refractivity contribution is 0.498. The van der Waals surface area contributed by atoms with E-state index in [9.17, 15) is 0 Å². The number of rotatable bonds is 3. The van der Waals surface area contributed by atoms with E-state index in [0.29, 0.717) is 6.04 Å². The summed E-state index contributed by atoms with van der Waals surface area (Å²) < 4.78 is 0. The Labute approximate surface area is 114 Å². The molecule has 0 radical (unpaired) electrons. The van der Waals surface area contributed by atoms with Crippen molar-refractivity contribution in [2.24, 2.45) is 0 Å². The molecule has 2 heteroatoms. The molecule has 3 rings (SSSR count). The molecule has 1 unspecified atom stereocenters. The molecule has 0 amide bonds. The van der Waals surface area contributed by atoms with E-state index < -0.39 is 0 Å². The van der Waals surface area contributed by atoms with E-state index in [0.717, 1.165) is 25.8 Å². The van der Waals surface area contributed by atoms with Crippen molar-refractivity contribution in [1.82, 2.24) is 10.3 Å². The molecule has 0 fully saturated rings. The van der Waals surface area contributed by atoms with Crippen LogP contribution in [-0.4, -0.2) is 11.5 Å². The monoisotopic (exact) mass is 252 g/mol. The van der Waals surface area contributed by atoms with Crippen molar-refractivity contribution >= 4 is 0 Å². The number of nitrogens with zero attached hydrogens (tertiary/aromatic N) is 1. The number of aromatic nitrogens is 1. The van der Waals surface area contributed by atoms with Crippen LogP contribution in [0.5, 0.6) is 0 Å². The van der Waals surface area contributed by atoms with Crippen LogP contribution in [-0.2, 0) is 19.3 Å². The number of nitrogens with one attached hydrogen (secondary N) is 1. The Morgan fingerprint density at radius 3 is 2.89 bits per heavy atom. The van der Waals surface area contributed by atoms with Crippen LogP contribution >= 0.6 is 0 Å². The van der Waals surface area contributed by atoms with Crippen molar-refractivity contribution < 1.29 is 0 Å². The van der Waals surface area contributed by atoms with E-state index >= 15 is 0 Å². The van der Waals surface area contributed by atoms with Crippen LogP contribution in [0.2, 0.25) is 0 Å². The first kappa shape index (κ1) is 12.4. The maximum absolute atomic E-state index is 4.58. The van der Waals surface area contributed by atoms with Gasteiger partial charge in [0.1, 0.15) is 0 Å². The van der Waals surface area contributed by atoms with E-state index in [1.165, 1.54) is 22.4 Å². The molecule has 2 nitrogen and oxygen atoms in total. The van der Waals surface area contributed by atoms with Crippen LogP contribution in [0.3, 0.4) is 0 Å². The first-order valence-electron chi connectivity index (χ1n) is 7.12. The molecule has 98 valence electrons. The summed E-state index contributed by atoms with van der Waals surface area (Å²) in [6, 6.07) is 13.5. The lowest BCUT2D eigenvalue weighted by Gasteiger charge is -2.26. The minimum absolute atomic E-state index is 0.407. The first-order chi connectivity index (χ1) is 9.36. The largest absolute Gasteiger partial charge is 0.309 e. The molecule has 1 N–H and O–H groups in total. The van der Waals surface area contributed by atoms with Crippen LogP contribution in [0, 0.1) is 0 Å². The summed E-state index contributed by atoms with van der Waals surface area (Å²) >= 11 is 0. The Morgan fingerprint density at radius 2 is 2.11 bits per heavy atom. The average Bonchev–Trinajstić information content (AvgIpc) is 2.48. The lowest BCUT2D eigenvalue weighted by Crippen LogP contribution is -2.31. The number of aryl methyl sites for hydroxylation is 1. The van der Waals surface area contributed by atoms with Gasteiger partial charge in [0.15, 0.2) is 0 Å². The van der Waals surface area contributed by atoms with Gasteiger partial charge in [-0.25, -0.2) is 0 Å². The zero-order valence-corrected chi connectivity index (χ0v) is 11.4. The third-order valence-corrected chi connectivity index (χ3v) is 3.92. The van der Waals surface area contributed by atoms with E-state index in [1.807, 2.05) is 6.20 Å². The van der Waals surface area contributed by atoms with Crippen molar-refractivity contribution in [2.45, 2.75) is 32.2 Å². The van der Waals surface area contributed by atoms with E-state index in [1.54, 1.807) is 0 Å². The Balaban J connectivity index is 1.80. The van der Waals surface area contributed by atoms with E-state index in [4.69, 9.17) is 0 Å². The molecule has 0 aliphatic carbocycles. The van der Waals surface area contributed by atoms with Gasteiger partial charge in [-0.1, -0.05) is 37.3 Å². The lowest BCUT2D eigenvalue weighted by atomic mass is 9.91. The molecular formula is C17H20N2. The minimum Gasteiger partial charge on any atom is -0.309 e. The SMILES string of the molecule is CCc1ccc(CC2NCCc3ccccc32)nc1. The number of benzene rings is 1. The van der Waals surface area contributed by atoms with E-state index in [-0.39, 0.29) is 0 Å². The highest BCUT2D eigenvalue weighted by atomic mass is 14.9. The number of pyridine rings is 1. The first-order valence-corrected chi connectivity index (χ1v) is 7.12. The molecule has 2 heterocycles. The highest BCUT2D eigenvalue weighted by Gasteiger charge is 2.19. The molecular weight excluding hydrogens is 232 g/mol. The molecule has 1 aliphatic rings. The van der Waals surface area contributed by atoms with Gasteiger partial charge in [0.2, 0.25) is 0 Å². The highest BCUT2D eigenvalue weighted by molar-refractivity contribution is 5.33. The van der Waals surface area contributed by atoms with Gasteiger partial charge >= 0.3 is 0 Å². The molecule has 0 bridgehead atoms. The maximum atomic E-state index is 4.58. The number of hydrogen-bond donors (Lipinski definition) is 1. The van der Waals surface area contributed by atoms with Crippen molar-refractivity contribution in [2.75, 3.05) is 6.54 Å². The topological polar surface area (TPSA) is 24.9 Å². The maximum Gasteiger partial charge on any atom is 0.0422 e. The Kier molecular flexibility index (Phi) is 3.60. The number of hydrogen-bond acceptors (Lipinski definition) is 2. The van der Waals surface area contributed by atoms with Gasteiger partial charge in [0, 0.05) is 24.4 Å². The highest BCUT2D eigenvalue weighted by Crippen LogP contribution is 2.25. The second-order valence-electron chi connectivity index (χ2n) is 5.17. The summed E-state index contributed by atoms with van der Waals surface area (Å²) in [7, 11) is 0. The molecule has 0 spiro atoms. The van der Waals surface area contributed by atoms with E-state index in [2.05, 4.69) is 53.6 Å². The molecule has 0 saturated carbocycles. The van der Waals surface area contributed by atoms with Gasteiger partial charge in [0.05, 0.1) is 0 Å². The van der Waals surface area contributed by atoms with Crippen LogP contribution in [0.25, 0.3) is 0 Å². The van der Waals surface area contributed by atoms with Gasteiger partial charge in [-0.2, -0.15) is 0 Å². The third-order valence-electron chi connectivity index (χ3n) is 3.92. The van der Waals surface area contributed by atoms with Crippen LogP contribution in [0.15, 0.2) is 42.6 Å². The Bertz CT molecular complexity index is 545. The predicted octanol–water partition coefficient (Wildman–Crippen LogP) is 3.07. The van der Waals surface area contributed by atoms with Crippen molar-refractivity contribution in [3.63, 3.8) is 0 Å². The fourth-order valence-electron chi connectivity index (χ4n) is 2.77. The predicted molar refractivity (Wildman–Crippen MR) is 78.2 cm³/mol. The van der Waals surface area contributed by atoms with Gasteiger partial charge in [-0.3, -0.25) is 4.98 Å². The molecule has 1 aliphatic heterocycles. The Hall–Kier alpha value is -1.67. The minimum atomic E-state index is 0.407. The summed E-state index contributed by atoms with van der Waals surface area (Å²) in [6.07, 6.45) is 5.16. The summed E-state index contributed by atoms with van der Waals surface area (Å²) in [5.74, 6) is 0. The van der Waals surface area contributed by atoms with Crippen molar-refractivity contribution in [1.29, 1.82) is 0 Å². The fraction of sp³-hybridized carbons (Fsp3) is 0.353. The normalized spacial score (nSPS) is 18.1. The second kappa shape index (κ2) is 5.54. The average molecular weight is 252 g/mol. The molecule has 1 aromatic carbocycles. The van der Waals surface area contributed by atoms with Crippen LogP contribution in [0.1, 0.15) is 35.3 Å². The molecule has 19 heavy (non-hydrogen) atoms. The molecule has 1 aromatic heterocycles. The zero-order chi connectivity index (χ0) is 13.1. The van der Waals surface area contributed by atoms with Crippen LogP contribution in [0.4, 0.5) is 0 Å². The summed E-state index contributed by atoms with van der Waals surface area (Å²) in [4.78, 5) is 4.58. The Morgan fingerprint density at radius 1 is 1.21 bits per heavy atom. The smallest absolute Gasteiger partial charge is 0.0422 e. The van der Waals surface area contributed by atoms with Gasteiger partial charge in [0.25, 0.3) is 0 Å². The summed E-state index contributed by atoms with van der Waals surface area (Å²) in [5, 5.41) is 3.61. The quantitative estimate of drug-likeness (QED) is 0.908. The van der Waals surface area contributed by atoms with Gasteiger partial charge < -0.3 is 5.32 Å². The molecule has 0 saturated heterocycles. The van der Waals surface area contributed by atoms with Crippen molar-refractivity contribution in [3.8, 4) is 0 Å². The van der Waals surface area contributed by atoms with Crippen molar-refractivity contribution in [3.05, 3.63) is 65.0 Å². The number of fused-ring (bicyclic) bond motifs is 1. The second-order valence-corrected chi connectivity index (χ2v) is 5.17. The standard InChI is InChI=1S/C17H20N2/c1-2-13-7-8-15(19-12-13)11-17-16-6-4-3-5-14(16)9-10-18-17/h3-8,12,17-18H,2,9-11H2,1H3. The molecule has 2 aromatic rings. The van der Waals surface area contributed by atoms with Gasteiger partial charge in [-0.15, -0.1) is 0 Å². The summed E-state index contributed by atoms with van der Waals surface area (Å²) in [5.41, 5.74) is 5.40. The fourth-order valence-corrected chi connectivity index (χ4v) is 2.77. The van der Waals surface area contributed by atoms with Gasteiger partial charge in [-0.05, 0) is 42.1 Å². The third kappa shape index (κ3) is 2.69. The zero-order valence-electron chi connectivity index (χ0n) is 11.4.